The number of rotatable bonds is 5. The van der Waals surface area contributed by atoms with Gasteiger partial charge in [0.15, 0.2) is 0 Å². The van der Waals surface area contributed by atoms with Gasteiger partial charge in [-0.15, -0.1) is 0 Å². The molecule has 0 radical (unpaired) electrons. The Bertz CT molecular complexity index is 1190. The minimum atomic E-state index is -0.00220. The molecule has 0 aliphatic carbocycles. The summed E-state index contributed by atoms with van der Waals surface area (Å²) in [5.74, 6) is 0.121. The van der Waals surface area contributed by atoms with Crippen LogP contribution < -0.4 is 0 Å². The second-order valence-corrected chi connectivity index (χ2v) is 7.97. The van der Waals surface area contributed by atoms with E-state index in [2.05, 4.69) is 72.8 Å². The number of hydrogen-bond donors (Lipinski definition) is 0. The van der Waals surface area contributed by atoms with E-state index in [0.717, 1.165) is 27.8 Å². The summed E-state index contributed by atoms with van der Waals surface area (Å²) < 4.78 is 2.08. The number of carbonyl (C=O) groups is 1. The summed E-state index contributed by atoms with van der Waals surface area (Å²) in [5, 5.41) is 0. The largest absolute Gasteiger partial charge is 0.339 e. The molecule has 0 saturated heterocycles. The standard InChI is InChI=1S/C26H27N3O/c1-18-9-10-21(15-19(18)2)16-26(30)28(4)20(3)22-11-13-23(14-12-22)29-17-27-24-7-5-6-8-25(24)29/h5-15,17,20H,16H2,1-4H3. The molecule has 4 rings (SSSR count). The van der Waals surface area contributed by atoms with Gasteiger partial charge in [-0.2, -0.15) is 0 Å². The summed E-state index contributed by atoms with van der Waals surface area (Å²) >= 11 is 0. The maximum absolute atomic E-state index is 12.8. The highest BCUT2D eigenvalue weighted by atomic mass is 16.2. The van der Waals surface area contributed by atoms with Gasteiger partial charge in [-0.3, -0.25) is 9.36 Å². The number of imidazole rings is 1. The number of hydrogen-bond acceptors (Lipinski definition) is 2. The van der Waals surface area contributed by atoms with Crippen molar-refractivity contribution in [2.75, 3.05) is 7.05 Å². The third kappa shape index (κ3) is 3.86. The molecule has 0 N–H and O–H groups in total. The van der Waals surface area contributed by atoms with Crippen LogP contribution in [0.25, 0.3) is 16.7 Å². The molecule has 0 saturated carbocycles. The van der Waals surface area contributed by atoms with E-state index in [1.807, 2.05) is 42.5 Å². The van der Waals surface area contributed by atoms with Crippen molar-refractivity contribution < 1.29 is 4.79 Å². The summed E-state index contributed by atoms with van der Waals surface area (Å²) in [6.45, 7) is 6.24. The molecule has 4 aromatic rings. The highest BCUT2D eigenvalue weighted by Crippen LogP contribution is 2.23. The molecular formula is C26H27N3O. The first-order valence-corrected chi connectivity index (χ1v) is 10.3. The minimum Gasteiger partial charge on any atom is -0.339 e. The lowest BCUT2D eigenvalue weighted by atomic mass is 10.0. The van der Waals surface area contributed by atoms with Gasteiger partial charge in [0.05, 0.1) is 23.5 Å². The predicted octanol–water partition coefficient (Wildman–Crippen LogP) is 5.40. The fourth-order valence-corrected chi connectivity index (χ4v) is 3.73. The fraction of sp³-hybridized carbons (Fsp3) is 0.231. The van der Waals surface area contributed by atoms with E-state index < -0.39 is 0 Å². The SMILES string of the molecule is Cc1ccc(CC(=O)N(C)C(C)c2ccc(-n3cnc4ccccc43)cc2)cc1C. The van der Waals surface area contributed by atoms with Gasteiger partial charge in [0, 0.05) is 12.7 Å². The summed E-state index contributed by atoms with van der Waals surface area (Å²) in [4.78, 5) is 19.1. The Morgan fingerprint density at radius 2 is 1.73 bits per heavy atom. The Kier molecular flexibility index (Phi) is 5.40. The van der Waals surface area contributed by atoms with Crippen LogP contribution in [-0.4, -0.2) is 27.4 Å². The van der Waals surface area contributed by atoms with Crippen molar-refractivity contribution in [1.82, 2.24) is 14.5 Å². The highest BCUT2D eigenvalue weighted by Gasteiger charge is 2.18. The van der Waals surface area contributed by atoms with Gasteiger partial charge in [-0.25, -0.2) is 4.98 Å². The number of aromatic nitrogens is 2. The van der Waals surface area contributed by atoms with Gasteiger partial charge < -0.3 is 4.90 Å². The molecule has 152 valence electrons. The van der Waals surface area contributed by atoms with Gasteiger partial charge in [-0.05, 0) is 67.3 Å². The molecule has 0 aliphatic heterocycles. The highest BCUT2D eigenvalue weighted by molar-refractivity contribution is 5.79. The molecule has 1 atom stereocenters. The number of amides is 1. The first-order valence-electron chi connectivity index (χ1n) is 10.3. The zero-order valence-corrected chi connectivity index (χ0v) is 18.0. The van der Waals surface area contributed by atoms with Crippen LogP contribution in [0.15, 0.2) is 73.1 Å². The van der Waals surface area contributed by atoms with Crippen molar-refractivity contribution in [3.05, 3.63) is 95.3 Å². The van der Waals surface area contributed by atoms with Crippen molar-refractivity contribution >= 4 is 16.9 Å². The lowest BCUT2D eigenvalue weighted by Crippen LogP contribution is -2.31. The lowest BCUT2D eigenvalue weighted by Gasteiger charge is -2.26. The van der Waals surface area contributed by atoms with E-state index in [1.54, 1.807) is 0 Å². The van der Waals surface area contributed by atoms with Crippen LogP contribution in [0.2, 0.25) is 0 Å². The van der Waals surface area contributed by atoms with E-state index in [9.17, 15) is 4.79 Å². The summed E-state index contributed by atoms with van der Waals surface area (Å²) in [5.41, 5.74) is 7.76. The Morgan fingerprint density at radius 3 is 2.47 bits per heavy atom. The number of nitrogens with zero attached hydrogens (tertiary/aromatic N) is 3. The topological polar surface area (TPSA) is 38.1 Å². The average molecular weight is 398 g/mol. The van der Waals surface area contributed by atoms with E-state index in [1.165, 1.54) is 11.1 Å². The Morgan fingerprint density at radius 1 is 1.00 bits per heavy atom. The fourth-order valence-electron chi connectivity index (χ4n) is 3.73. The normalized spacial score (nSPS) is 12.1. The van der Waals surface area contributed by atoms with Gasteiger partial charge in [-0.1, -0.05) is 42.5 Å². The number of carbonyl (C=O) groups excluding carboxylic acids is 1. The second kappa shape index (κ2) is 8.15. The average Bonchev–Trinajstić information content (AvgIpc) is 3.19. The molecule has 1 unspecified atom stereocenters. The van der Waals surface area contributed by atoms with Crippen LogP contribution in [0.5, 0.6) is 0 Å². The van der Waals surface area contributed by atoms with Crippen LogP contribution in [-0.2, 0) is 11.2 Å². The first kappa shape index (κ1) is 19.9. The summed E-state index contributed by atoms with van der Waals surface area (Å²) in [6.07, 6.45) is 2.27. The Hall–Kier alpha value is -3.40. The number of aryl methyl sites for hydroxylation is 2. The van der Waals surface area contributed by atoms with Crippen LogP contribution >= 0.6 is 0 Å². The molecular weight excluding hydrogens is 370 g/mol. The van der Waals surface area contributed by atoms with Gasteiger partial charge in [0.1, 0.15) is 6.33 Å². The van der Waals surface area contributed by atoms with Crippen molar-refractivity contribution in [1.29, 1.82) is 0 Å². The van der Waals surface area contributed by atoms with Crippen molar-refractivity contribution in [2.24, 2.45) is 0 Å². The van der Waals surface area contributed by atoms with Gasteiger partial charge in [0.2, 0.25) is 5.91 Å². The predicted molar refractivity (Wildman–Crippen MR) is 122 cm³/mol. The summed E-state index contributed by atoms with van der Waals surface area (Å²) in [6, 6.07) is 22.7. The quantitative estimate of drug-likeness (QED) is 0.452. The van der Waals surface area contributed by atoms with Gasteiger partial charge in [0.25, 0.3) is 0 Å². The van der Waals surface area contributed by atoms with Crippen molar-refractivity contribution in [3.8, 4) is 5.69 Å². The van der Waals surface area contributed by atoms with Crippen LogP contribution in [0, 0.1) is 13.8 Å². The summed E-state index contributed by atoms with van der Waals surface area (Å²) in [7, 11) is 1.88. The molecule has 4 nitrogen and oxygen atoms in total. The van der Waals surface area contributed by atoms with Crippen LogP contribution in [0.4, 0.5) is 0 Å². The molecule has 4 heteroatoms. The molecule has 1 amide bonds. The molecule has 0 fully saturated rings. The molecule has 30 heavy (non-hydrogen) atoms. The third-order valence-electron chi connectivity index (χ3n) is 6.01. The molecule has 0 bridgehead atoms. The molecule has 1 aromatic heterocycles. The first-order chi connectivity index (χ1) is 14.4. The van der Waals surface area contributed by atoms with E-state index in [4.69, 9.17) is 0 Å². The smallest absolute Gasteiger partial charge is 0.227 e. The third-order valence-corrected chi connectivity index (χ3v) is 6.01. The number of para-hydroxylation sites is 2. The maximum Gasteiger partial charge on any atom is 0.227 e. The second-order valence-electron chi connectivity index (χ2n) is 7.97. The molecule has 1 heterocycles. The Balaban J connectivity index is 1.49. The van der Waals surface area contributed by atoms with E-state index in [0.29, 0.717) is 6.42 Å². The number of benzene rings is 3. The lowest BCUT2D eigenvalue weighted by molar-refractivity contribution is -0.131. The zero-order chi connectivity index (χ0) is 21.3. The van der Waals surface area contributed by atoms with Gasteiger partial charge >= 0.3 is 0 Å². The molecule has 0 spiro atoms. The molecule has 3 aromatic carbocycles. The van der Waals surface area contributed by atoms with Crippen molar-refractivity contribution in [2.45, 2.75) is 33.2 Å². The van der Waals surface area contributed by atoms with Crippen LogP contribution in [0.1, 0.15) is 35.2 Å². The number of likely N-dealkylation sites (N-methyl/N-ethyl adjacent to an activating group) is 1. The minimum absolute atomic E-state index is 0.00220. The van der Waals surface area contributed by atoms with E-state index >= 15 is 0 Å². The maximum atomic E-state index is 12.8. The number of fused-ring (bicyclic) bond motifs is 1. The van der Waals surface area contributed by atoms with E-state index in [-0.39, 0.29) is 11.9 Å². The monoisotopic (exact) mass is 397 g/mol. The Labute approximate surface area is 177 Å². The molecule has 0 aliphatic rings. The van der Waals surface area contributed by atoms with Crippen LogP contribution in [0.3, 0.4) is 0 Å². The zero-order valence-electron chi connectivity index (χ0n) is 18.0. The van der Waals surface area contributed by atoms with Crippen molar-refractivity contribution in [3.63, 3.8) is 0 Å².